The van der Waals surface area contributed by atoms with Crippen LogP contribution >= 0.6 is 11.6 Å². The first-order chi connectivity index (χ1) is 11.5. The van der Waals surface area contributed by atoms with Crippen molar-refractivity contribution in [2.75, 3.05) is 20.2 Å². The highest BCUT2D eigenvalue weighted by Gasteiger charge is 2.32. The van der Waals surface area contributed by atoms with Crippen molar-refractivity contribution in [3.05, 3.63) is 34.9 Å². The quantitative estimate of drug-likeness (QED) is 0.673. The molecular weight excluding hydrogens is 332 g/mol. The van der Waals surface area contributed by atoms with Gasteiger partial charge in [0.25, 0.3) is 5.91 Å². The van der Waals surface area contributed by atoms with Gasteiger partial charge in [-0.05, 0) is 31.4 Å². The van der Waals surface area contributed by atoms with Gasteiger partial charge in [-0.25, -0.2) is 0 Å². The van der Waals surface area contributed by atoms with E-state index in [-0.39, 0.29) is 23.8 Å². The number of aliphatic hydroxyl groups is 1. The zero-order valence-corrected chi connectivity index (χ0v) is 14.4. The topological polar surface area (TPSA) is 87.7 Å². The van der Waals surface area contributed by atoms with Crippen LogP contribution < -0.4 is 10.6 Å². The standard InChI is InChI=1S/C17H23ClN2O4/c1-24-15-10-11(6-7-14(15)21)16(22)19-8-9-20-17(23)12-4-2-3-5-13(12)18/h2-5,11,14-15,21H,6-10H2,1H3,(H,19,22)(H,20,23)/t11-,14+,15-/m1/s1. The molecule has 0 unspecified atom stereocenters. The van der Waals surface area contributed by atoms with Crippen LogP contribution in [0.2, 0.25) is 5.02 Å². The molecule has 1 aliphatic rings. The molecule has 1 aromatic rings. The highest BCUT2D eigenvalue weighted by Crippen LogP contribution is 2.26. The van der Waals surface area contributed by atoms with Crippen LogP contribution in [0.3, 0.4) is 0 Å². The molecule has 0 radical (unpaired) electrons. The first-order valence-electron chi connectivity index (χ1n) is 8.04. The van der Waals surface area contributed by atoms with Crippen LogP contribution in [0.4, 0.5) is 0 Å². The van der Waals surface area contributed by atoms with Gasteiger partial charge in [0.05, 0.1) is 22.8 Å². The SMILES string of the molecule is CO[C@@H]1C[C@H](C(=O)NCCNC(=O)c2ccccc2Cl)CC[C@@H]1O. The van der Waals surface area contributed by atoms with Crippen molar-refractivity contribution in [1.82, 2.24) is 10.6 Å². The molecule has 2 rings (SSSR count). The van der Waals surface area contributed by atoms with E-state index in [1.165, 1.54) is 0 Å². The molecule has 1 saturated carbocycles. The second-order valence-corrected chi connectivity index (χ2v) is 6.29. The fourth-order valence-electron chi connectivity index (χ4n) is 2.85. The second kappa shape index (κ2) is 9.01. The second-order valence-electron chi connectivity index (χ2n) is 5.88. The van der Waals surface area contributed by atoms with Gasteiger partial charge in [-0.15, -0.1) is 0 Å². The lowest BCUT2D eigenvalue weighted by Crippen LogP contribution is -2.43. The summed E-state index contributed by atoms with van der Waals surface area (Å²) in [6, 6.07) is 6.80. The molecule has 6 nitrogen and oxygen atoms in total. The van der Waals surface area contributed by atoms with Crippen molar-refractivity contribution >= 4 is 23.4 Å². The third-order valence-electron chi connectivity index (χ3n) is 4.26. The van der Waals surface area contributed by atoms with E-state index < -0.39 is 6.10 Å². The Labute approximate surface area is 146 Å². The maximum Gasteiger partial charge on any atom is 0.252 e. The summed E-state index contributed by atoms with van der Waals surface area (Å²) in [5.41, 5.74) is 0.412. The van der Waals surface area contributed by atoms with Gasteiger partial charge in [-0.1, -0.05) is 23.7 Å². The molecule has 3 N–H and O–H groups in total. The lowest BCUT2D eigenvalue weighted by molar-refractivity contribution is -0.130. The Balaban J connectivity index is 1.71. The summed E-state index contributed by atoms with van der Waals surface area (Å²) in [5, 5.41) is 15.7. The van der Waals surface area contributed by atoms with Gasteiger partial charge in [-0.3, -0.25) is 9.59 Å². The predicted molar refractivity (Wildman–Crippen MR) is 90.9 cm³/mol. The number of hydrogen-bond donors (Lipinski definition) is 3. The summed E-state index contributed by atoms with van der Waals surface area (Å²) in [7, 11) is 1.54. The van der Waals surface area contributed by atoms with Crippen LogP contribution in [0.15, 0.2) is 24.3 Å². The van der Waals surface area contributed by atoms with Crippen LogP contribution in [0.25, 0.3) is 0 Å². The molecule has 0 heterocycles. The molecule has 24 heavy (non-hydrogen) atoms. The minimum absolute atomic E-state index is 0.0732. The maximum absolute atomic E-state index is 12.2. The fourth-order valence-corrected chi connectivity index (χ4v) is 3.07. The molecular formula is C17H23ClN2O4. The van der Waals surface area contributed by atoms with E-state index in [2.05, 4.69) is 10.6 Å². The van der Waals surface area contributed by atoms with Crippen LogP contribution in [0.5, 0.6) is 0 Å². The zero-order valence-electron chi connectivity index (χ0n) is 13.6. The monoisotopic (exact) mass is 354 g/mol. The van der Waals surface area contributed by atoms with Crippen molar-refractivity contribution in [3.8, 4) is 0 Å². The maximum atomic E-state index is 12.2. The number of carbonyl (C=O) groups excluding carboxylic acids is 2. The highest BCUT2D eigenvalue weighted by atomic mass is 35.5. The zero-order chi connectivity index (χ0) is 17.5. The van der Waals surface area contributed by atoms with Gasteiger partial charge in [0.2, 0.25) is 5.91 Å². The van der Waals surface area contributed by atoms with E-state index in [4.69, 9.17) is 16.3 Å². The summed E-state index contributed by atoms with van der Waals surface area (Å²) in [6.45, 7) is 0.657. The number of rotatable bonds is 6. The Kier molecular flexibility index (Phi) is 7.02. The van der Waals surface area contributed by atoms with Crippen molar-refractivity contribution in [2.45, 2.75) is 31.5 Å². The fraction of sp³-hybridized carbons (Fsp3) is 0.529. The lowest BCUT2D eigenvalue weighted by atomic mass is 9.84. The average Bonchev–Trinajstić information content (AvgIpc) is 2.59. The number of carbonyl (C=O) groups is 2. The van der Waals surface area contributed by atoms with Crippen molar-refractivity contribution in [1.29, 1.82) is 0 Å². The van der Waals surface area contributed by atoms with Crippen molar-refractivity contribution in [3.63, 3.8) is 0 Å². The van der Waals surface area contributed by atoms with Gasteiger partial charge >= 0.3 is 0 Å². The molecule has 0 aliphatic heterocycles. The van der Waals surface area contributed by atoms with E-state index >= 15 is 0 Å². The third-order valence-corrected chi connectivity index (χ3v) is 4.59. The molecule has 0 spiro atoms. The Morgan fingerprint density at radius 1 is 1.25 bits per heavy atom. The number of aliphatic hydroxyl groups excluding tert-OH is 1. The highest BCUT2D eigenvalue weighted by molar-refractivity contribution is 6.33. The van der Waals surface area contributed by atoms with Gasteiger partial charge in [0.15, 0.2) is 0 Å². The Bertz CT molecular complexity index is 581. The molecule has 0 saturated heterocycles. The third kappa shape index (κ3) is 4.93. The molecule has 7 heteroatoms. The average molecular weight is 355 g/mol. The molecule has 3 atom stereocenters. The summed E-state index contributed by atoms with van der Waals surface area (Å²) < 4.78 is 5.20. The van der Waals surface area contributed by atoms with Crippen LogP contribution in [0.1, 0.15) is 29.6 Å². The van der Waals surface area contributed by atoms with E-state index in [9.17, 15) is 14.7 Å². The lowest BCUT2D eigenvalue weighted by Gasteiger charge is -2.31. The number of benzene rings is 1. The Morgan fingerprint density at radius 2 is 1.96 bits per heavy atom. The van der Waals surface area contributed by atoms with Crippen LogP contribution in [-0.2, 0) is 9.53 Å². The normalized spacial score (nSPS) is 23.5. The molecule has 132 valence electrons. The number of ether oxygens (including phenoxy) is 1. The number of amides is 2. The van der Waals surface area contributed by atoms with E-state index in [1.807, 2.05) is 0 Å². The molecule has 1 aromatic carbocycles. The van der Waals surface area contributed by atoms with Gasteiger partial charge in [0, 0.05) is 26.1 Å². The first kappa shape index (κ1) is 18.7. The summed E-state index contributed by atoms with van der Waals surface area (Å²) >= 11 is 5.96. The molecule has 0 bridgehead atoms. The number of nitrogens with one attached hydrogen (secondary N) is 2. The summed E-state index contributed by atoms with van der Waals surface area (Å²) in [4.78, 5) is 24.1. The van der Waals surface area contributed by atoms with Crippen LogP contribution in [-0.4, -0.2) is 49.3 Å². The largest absolute Gasteiger partial charge is 0.390 e. The van der Waals surface area contributed by atoms with Gasteiger partial charge in [0.1, 0.15) is 0 Å². The number of halogens is 1. The smallest absolute Gasteiger partial charge is 0.252 e. The minimum Gasteiger partial charge on any atom is -0.390 e. The van der Waals surface area contributed by atoms with Crippen molar-refractivity contribution < 1.29 is 19.4 Å². The minimum atomic E-state index is -0.506. The summed E-state index contributed by atoms with van der Waals surface area (Å²) in [6.07, 6.45) is 0.900. The molecule has 2 amide bonds. The Hall–Kier alpha value is -1.63. The van der Waals surface area contributed by atoms with Crippen molar-refractivity contribution in [2.24, 2.45) is 5.92 Å². The van der Waals surface area contributed by atoms with E-state index in [1.54, 1.807) is 31.4 Å². The van der Waals surface area contributed by atoms with Crippen LogP contribution in [0, 0.1) is 5.92 Å². The predicted octanol–water partition coefficient (Wildman–Crippen LogP) is 1.36. The summed E-state index contributed by atoms with van der Waals surface area (Å²) in [5.74, 6) is -0.511. The molecule has 1 aliphatic carbocycles. The number of hydrogen-bond acceptors (Lipinski definition) is 4. The molecule has 1 fully saturated rings. The van der Waals surface area contributed by atoms with E-state index in [0.717, 1.165) is 0 Å². The van der Waals surface area contributed by atoms with Gasteiger partial charge < -0.3 is 20.5 Å². The Morgan fingerprint density at radius 3 is 2.67 bits per heavy atom. The first-order valence-corrected chi connectivity index (χ1v) is 8.42. The molecule has 0 aromatic heterocycles. The number of methoxy groups -OCH3 is 1. The van der Waals surface area contributed by atoms with E-state index in [0.29, 0.717) is 42.9 Å². The van der Waals surface area contributed by atoms with Gasteiger partial charge in [-0.2, -0.15) is 0 Å².